The van der Waals surface area contributed by atoms with Gasteiger partial charge in [-0.05, 0) is 38.6 Å². The van der Waals surface area contributed by atoms with Crippen molar-refractivity contribution < 1.29 is 13.6 Å². The minimum Gasteiger partial charge on any atom is -0.322 e. The molecule has 1 heterocycles. The standard InChI is InChI=1S/C14H19F2N3O/c1-19(8-11-3-2-6-17-11)9-14(20)18-13-7-10(15)4-5-12(13)16/h4-5,7,11,17H,2-3,6,8-9H2,1H3,(H,18,20). The quantitative estimate of drug-likeness (QED) is 0.862. The van der Waals surface area contributed by atoms with Crippen molar-refractivity contribution in [2.24, 2.45) is 0 Å². The minimum absolute atomic E-state index is 0.123. The lowest BCUT2D eigenvalue weighted by Crippen LogP contribution is -2.39. The van der Waals surface area contributed by atoms with Crippen LogP contribution in [0.25, 0.3) is 0 Å². The number of likely N-dealkylation sites (N-methyl/N-ethyl adjacent to an activating group) is 1. The van der Waals surface area contributed by atoms with Crippen LogP contribution in [0.2, 0.25) is 0 Å². The number of amides is 1. The maximum absolute atomic E-state index is 13.4. The van der Waals surface area contributed by atoms with Gasteiger partial charge >= 0.3 is 0 Å². The first-order valence-corrected chi connectivity index (χ1v) is 6.71. The SMILES string of the molecule is CN(CC(=O)Nc1cc(F)ccc1F)CC1CCCN1. The average molecular weight is 283 g/mol. The second-order valence-electron chi connectivity index (χ2n) is 5.16. The molecule has 0 spiro atoms. The first kappa shape index (κ1) is 14.9. The lowest BCUT2D eigenvalue weighted by Gasteiger charge is -2.20. The number of hydrogen-bond donors (Lipinski definition) is 2. The van der Waals surface area contributed by atoms with Crippen molar-refractivity contribution in [3.8, 4) is 0 Å². The van der Waals surface area contributed by atoms with Crippen LogP contribution in [0, 0.1) is 11.6 Å². The van der Waals surface area contributed by atoms with Gasteiger partial charge in [-0.1, -0.05) is 0 Å². The molecule has 1 aliphatic heterocycles. The van der Waals surface area contributed by atoms with Crippen LogP contribution in [0.4, 0.5) is 14.5 Å². The highest BCUT2D eigenvalue weighted by Gasteiger charge is 2.17. The molecule has 1 unspecified atom stereocenters. The van der Waals surface area contributed by atoms with Gasteiger partial charge < -0.3 is 10.6 Å². The predicted molar refractivity (Wildman–Crippen MR) is 73.5 cm³/mol. The summed E-state index contributed by atoms with van der Waals surface area (Å²) in [6, 6.07) is 3.39. The molecule has 1 fully saturated rings. The molecule has 0 bridgehead atoms. The van der Waals surface area contributed by atoms with Gasteiger partial charge in [0, 0.05) is 18.7 Å². The van der Waals surface area contributed by atoms with Crippen molar-refractivity contribution in [2.45, 2.75) is 18.9 Å². The highest BCUT2D eigenvalue weighted by molar-refractivity contribution is 5.92. The predicted octanol–water partition coefficient (Wildman–Crippen LogP) is 1.59. The van der Waals surface area contributed by atoms with E-state index in [1.165, 1.54) is 0 Å². The van der Waals surface area contributed by atoms with Crippen LogP contribution in [0.5, 0.6) is 0 Å². The summed E-state index contributed by atoms with van der Waals surface area (Å²) >= 11 is 0. The number of anilines is 1. The number of carbonyl (C=O) groups is 1. The third kappa shape index (κ3) is 4.25. The molecule has 6 heteroatoms. The number of benzene rings is 1. The molecule has 1 atom stereocenters. The van der Waals surface area contributed by atoms with Gasteiger partial charge in [0.2, 0.25) is 5.91 Å². The van der Waals surface area contributed by atoms with E-state index in [-0.39, 0.29) is 18.1 Å². The van der Waals surface area contributed by atoms with E-state index in [1.807, 2.05) is 11.9 Å². The summed E-state index contributed by atoms with van der Waals surface area (Å²) < 4.78 is 26.4. The summed E-state index contributed by atoms with van der Waals surface area (Å²) in [5, 5.41) is 5.73. The molecule has 4 nitrogen and oxygen atoms in total. The molecule has 20 heavy (non-hydrogen) atoms. The van der Waals surface area contributed by atoms with Gasteiger partial charge in [0.25, 0.3) is 0 Å². The summed E-state index contributed by atoms with van der Waals surface area (Å²) in [5.74, 6) is -1.57. The molecule has 1 aliphatic rings. The molecule has 1 saturated heterocycles. The molecule has 0 aliphatic carbocycles. The van der Waals surface area contributed by atoms with Crippen LogP contribution in [-0.4, -0.2) is 43.5 Å². The fraction of sp³-hybridized carbons (Fsp3) is 0.500. The molecule has 110 valence electrons. The Bertz CT molecular complexity index is 475. The summed E-state index contributed by atoms with van der Waals surface area (Å²) in [6.07, 6.45) is 2.25. The molecule has 0 radical (unpaired) electrons. The normalized spacial score (nSPS) is 18.5. The Kier molecular flexibility index (Phi) is 5.03. The Morgan fingerprint density at radius 3 is 3.00 bits per heavy atom. The number of rotatable bonds is 5. The Balaban J connectivity index is 1.83. The number of nitrogens with one attached hydrogen (secondary N) is 2. The number of nitrogens with zero attached hydrogens (tertiary/aromatic N) is 1. The maximum atomic E-state index is 13.4. The van der Waals surface area contributed by atoms with Crippen molar-refractivity contribution in [1.82, 2.24) is 10.2 Å². The minimum atomic E-state index is -0.639. The van der Waals surface area contributed by atoms with Crippen molar-refractivity contribution in [1.29, 1.82) is 0 Å². The third-order valence-electron chi connectivity index (χ3n) is 3.31. The number of halogens is 2. The van der Waals surface area contributed by atoms with Gasteiger partial charge in [0.1, 0.15) is 11.6 Å². The molecular weight excluding hydrogens is 264 g/mol. The Morgan fingerprint density at radius 1 is 1.50 bits per heavy atom. The van der Waals surface area contributed by atoms with Crippen molar-refractivity contribution >= 4 is 11.6 Å². The van der Waals surface area contributed by atoms with Crippen molar-refractivity contribution in [3.63, 3.8) is 0 Å². The largest absolute Gasteiger partial charge is 0.322 e. The van der Waals surface area contributed by atoms with E-state index in [0.717, 1.165) is 44.1 Å². The van der Waals surface area contributed by atoms with E-state index in [4.69, 9.17) is 0 Å². The van der Waals surface area contributed by atoms with Gasteiger partial charge in [-0.3, -0.25) is 9.69 Å². The molecule has 0 saturated carbocycles. The monoisotopic (exact) mass is 283 g/mol. The fourth-order valence-corrected chi connectivity index (χ4v) is 2.38. The van der Waals surface area contributed by atoms with Crippen LogP contribution in [0.15, 0.2) is 18.2 Å². The van der Waals surface area contributed by atoms with E-state index in [2.05, 4.69) is 10.6 Å². The lowest BCUT2D eigenvalue weighted by molar-refractivity contribution is -0.117. The van der Waals surface area contributed by atoms with Crippen LogP contribution in [-0.2, 0) is 4.79 Å². The van der Waals surface area contributed by atoms with Gasteiger partial charge in [-0.2, -0.15) is 0 Å². The van der Waals surface area contributed by atoms with Crippen molar-refractivity contribution in [2.75, 3.05) is 32.0 Å². The first-order valence-electron chi connectivity index (χ1n) is 6.71. The highest BCUT2D eigenvalue weighted by Crippen LogP contribution is 2.15. The van der Waals surface area contributed by atoms with E-state index in [0.29, 0.717) is 6.04 Å². The molecule has 1 aromatic rings. The second-order valence-corrected chi connectivity index (χ2v) is 5.16. The van der Waals surface area contributed by atoms with E-state index in [1.54, 1.807) is 0 Å². The Morgan fingerprint density at radius 2 is 2.30 bits per heavy atom. The van der Waals surface area contributed by atoms with Gasteiger partial charge in [-0.25, -0.2) is 8.78 Å². The average Bonchev–Trinajstić information content (AvgIpc) is 2.86. The summed E-state index contributed by atoms with van der Waals surface area (Å²) in [5.41, 5.74) is -0.123. The van der Waals surface area contributed by atoms with E-state index < -0.39 is 11.6 Å². The van der Waals surface area contributed by atoms with Gasteiger partial charge in [0.05, 0.1) is 12.2 Å². The molecular formula is C14H19F2N3O. The topological polar surface area (TPSA) is 44.4 Å². The van der Waals surface area contributed by atoms with Crippen LogP contribution in [0.1, 0.15) is 12.8 Å². The lowest BCUT2D eigenvalue weighted by atomic mass is 10.2. The molecule has 1 aromatic carbocycles. The zero-order valence-electron chi connectivity index (χ0n) is 11.5. The van der Waals surface area contributed by atoms with Crippen LogP contribution >= 0.6 is 0 Å². The zero-order valence-corrected chi connectivity index (χ0v) is 11.5. The Labute approximate surface area is 117 Å². The highest BCUT2D eigenvalue weighted by atomic mass is 19.1. The van der Waals surface area contributed by atoms with Gasteiger partial charge in [0.15, 0.2) is 0 Å². The first-order chi connectivity index (χ1) is 9.54. The summed E-state index contributed by atoms with van der Waals surface area (Å²) in [7, 11) is 1.83. The Hall–Kier alpha value is -1.53. The maximum Gasteiger partial charge on any atom is 0.238 e. The second kappa shape index (κ2) is 6.76. The fourth-order valence-electron chi connectivity index (χ4n) is 2.38. The number of carbonyl (C=O) groups excluding carboxylic acids is 1. The summed E-state index contributed by atoms with van der Waals surface area (Å²) in [4.78, 5) is 13.7. The molecule has 1 amide bonds. The number of hydrogen-bond acceptors (Lipinski definition) is 3. The van der Waals surface area contributed by atoms with Crippen LogP contribution in [0.3, 0.4) is 0 Å². The van der Waals surface area contributed by atoms with E-state index in [9.17, 15) is 13.6 Å². The molecule has 2 rings (SSSR count). The third-order valence-corrected chi connectivity index (χ3v) is 3.31. The van der Waals surface area contributed by atoms with Gasteiger partial charge in [-0.15, -0.1) is 0 Å². The van der Waals surface area contributed by atoms with Crippen molar-refractivity contribution in [3.05, 3.63) is 29.8 Å². The zero-order chi connectivity index (χ0) is 14.5. The summed E-state index contributed by atoms with van der Waals surface area (Å²) in [6.45, 7) is 1.92. The molecule has 0 aromatic heterocycles. The smallest absolute Gasteiger partial charge is 0.238 e. The van der Waals surface area contributed by atoms with Crippen LogP contribution < -0.4 is 10.6 Å². The van der Waals surface area contributed by atoms with E-state index >= 15 is 0 Å². The molecule has 2 N–H and O–H groups in total.